The Morgan fingerprint density at radius 2 is 1.69 bits per heavy atom. The topological polar surface area (TPSA) is 47.6 Å². The van der Waals surface area contributed by atoms with Crippen LogP contribution in [0.2, 0.25) is 0 Å². The molecule has 0 aliphatic heterocycles. The number of ether oxygens (including phenoxy) is 2. The molecule has 26 heavy (non-hydrogen) atoms. The Kier molecular flexibility index (Phi) is 4.45. The molecular weight excluding hydrogens is 326 g/mol. The maximum absolute atomic E-state index is 12.8. The van der Waals surface area contributed by atoms with Gasteiger partial charge in [-0.25, -0.2) is 0 Å². The van der Waals surface area contributed by atoms with E-state index in [1.165, 1.54) is 38.5 Å². The molecule has 1 aromatic rings. The molecule has 0 unspecified atom stereocenters. The van der Waals surface area contributed by atoms with Gasteiger partial charge in [-0.2, -0.15) is 0 Å². The molecule has 4 nitrogen and oxygen atoms in total. The average Bonchev–Trinajstić information content (AvgIpc) is 2.59. The molecule has 1 N–H and O–H groups in total. The van der Waals surface area contributed by atoms with E-state index < -0.39 is 0 Å². The number of hydrogen-bond acceptors (Lipinski definition) is 3. The summed E-state index contributed by atoms with van der Waals surface area (Å²) in [6.45, 7) is 1.96. The lowest BCUT2D eigenvalue weighted by molar-refractivity contribution is -0.122. The van der Waals surface area contributed by atoms with Crippen molar-refractivity contribution in [3.05, 3.63) is 29.8 Å². The van der Waals surface area contributed by atoms with E-state index in [9.17, 15) is 4.79 Å². The van der Waals surface area contributed by atoms with Crippen molar-refractivity contribution in [3.63, 3.8) is 0 Å². The minimum absolute atomic E-state index is 0.0299. The fraction of sp³-hybridized carbons (Fsp3) is 0.591. The van der Waals surface area contributed by atoms with Gasteiger partial charge >= 0.3 is 0 Å². The quantitative estimate of drug-likeness (QED) is 0.806. The number of carbonyl (C=O) groups is 1. The van der Waals surface area contributed by atoms with Crippen LogP contribution < -0.4 is 14.8 Å². The predicted octanol–water partition coefficient (Wildman–Crippen LogP) is 4.19. The maximum atomic E-state index is 12.8. The van der Waals surface area contributed by atoms with E-state index in [0.717, 1.165) is 40.4 Å². The number of rotatable bonds is 5. The second-order valence-electron chi connectivity index (χ2n) is 8.58. The van der Waals surface area contributed by atoms with Crippen LogP contribution in [0.25, 0.3) is 5.57 Å². The van der Waals surface area contributed by atoms with Crippen molar-refractivity contribution in [1.82, 2.24) is 5.32 Å². The highest BCUT2D eigenvalue weighted by Crippen LogP contribution is 2.55. The number of methoxy groups -OCH3 is 2. The Morgan fingerprint density at radius 1 is 1.08 bits per heavy atom. The lowest BCUT2D eigenvalue weighted by atomic mass is 9.53. The van der Waals surface area contributed by atoms with Crippen LogP contribution >= 0.6 is 0 Å². The second kappa shape index (κ2) is 6.64. The summed E-state index contributed by atoms with van der Waals surface area (Å²) in [6.07, 6.45) is 9.38. The number of hydrogen-bond donors (Lipinski definition) is 1. The van der Waals surface area contributed by atoms with E-state index in [-0.39, 0.29) is 11.4 Å². The summed E-state index contributed by atoms with van der Waals surface area (Å²) in [6, 6.07) is 5.69. The van der Waals surface area contributed by atoms with Crippen LogP contribution in [0.3, 0.4) is 0 Å². The van der Waals surface area contributed by atoms with Crippen molar-refractivity contribution in [3.8, 4) is 11.5 Å². The molecule has 0 radical (unpaired) electrons. The number of carbonyl (C=O) groups excluding carboxylic acids is 1. The maximum Gasteiger partial charge on any atom is 0.244 e. The van der Waals surface area contributed by atoms with Gasteiger partial charge in [0, 0.05) is 23.2 Å². The van der Waals surface area contributed by atoms with Crippen molar-refractivity contribution in [2.24, 2.45) is 17.8 Å². The summed E-state index contributed by atoms with van der Waals surface area (Å²) in [5, 5.41) is 3.40. The average molecular weight is 355 g/mol. The Balaban J connectivity index is 1.50. The molecule has 4 aliphatic rings. The summed E-state index contributed by atoms with van der Waals surface area (Å²) >= 11 is 0. The Morgan fingerprint density at radius 3 is 2.23 bits per heavy atom. The third-order valence-corrected chi connectivity index (χ3v) is 6.61. The van der Waals surface area contributed by atoms with E-state index >= 15 is 0 Å². The van der Waals surface area contributed by atoms with Crippen molar-refractivity contribution < 1.29 is 14.3 Å². The Labute approximate surface area is 156 Å². The first-order valence-electron chi connectivity index (χ1n) is 9.73. The van der Waals surface area contributed by atoms with Gasteiger partial charge in [0.2, 0.25) is 5.91 Å². The highest BCUT2D eigenvalue weighted by Gasteiger charge is 2.51. The van der Waals surface area contributed by atoms with E-state index in [4.69, 9.17) is 9.47 Å². The first-order chi connectivity index (χ1) is 12.5. The second-order valence-corrected chi connectivity index (χ2v) is 8.58. The third-order valence-electron chi connectivity index (χ3n) is 6.61. The zero-order valence-corrected chi connectivity index (χ0v) is 16.0. The largest absolute Gasteiger partial charge is 0.497 e. The molecule has 4 aliphatic carbocycles. The van der Waals surface area contributed by atoms with Crippen LogP contribution in [0, 0.1) is 17.8 Å². The van der Waals surface area contributed by atoms with Crippen molar-refractivity contribution >= 4 is 11.5 Å². The van der Waals surface area contributed by atoms with Gasteiger partial charge in [0.1, 0.15) is 11.5 Å². The zero-order chi connectivity index (χ0) is 18.3. The fourth-order valence-corrected chi connectivity index (χ4v) is 5.96. The third kappa shape index (κ3) is 3.22. The van der Waals surface area contributed by atoms with E-state index in [1.807, 2.05) is 25.1 Å². The van der Waals surface area contributed by atoms with Gasteiger partial charge in [0.25, 0.3) is 0 Å². The summed E-state index contributed by atoms with van der Waals surface area (Å²) in [5.74, 6) is 3.98. The molecular formula is C22H29NO3. The fourth-order valence-electron chi connectivity index (χ4n) is 5.96. The molecule has 4 heteroatoms. The summed E-state index contributed by atoms with van der Waals surface area (Å²) < 4.78 is 10.7. The highest BCUT2D eigenvalue weighted by molar-refractivity contribution is 5.96. The minimum Gasteiger partial charge on any atom is -0.497 e. The molecule has 4 bridgehead atoms. The van der Waals surface area contributed by atoms with Gasteiger partial charge in [0.05, 0.1) is 14.2 Å². The smallest absolute Gasteiger partial charge is 0.244 e. The molecule has 0 aromatic heterocycles. The lowest BCUT2D eigenvalue weighted by Gasteiger charge is -2.56. The zero-order valence-electron chi connectivity index (χ0n) is 16.0. The molecule has 4 fully saturated rings. The normalized spacial score (nSPS) is 32.4. The molecule has 0 heterocycles. The van der Waals surface area contributed by atoms with Crippen LogP contribution in [0.1, 0.15) is 51.0 Å². The van der Waals surface area contributed by atoms with Gasteiger partial charge in [0.15, 0.2) is 0 Å². The molecule has 4 saturated carbocycles. The Bertz CT molecular complexity index is 702. The first kappa shape index (κ1) is 17.4. The monoisotopic (exact) mass is 355 g/mol. The van der Waals surface area contributed by atoms with Crippen LogP contribution in [-0.2, 0) is 4.79 Å². The highest BCUT2D eigenvalue weighted by atomic mass is 16.5. The summed E-state index contributed by atoms with van der Waals surface area (Å²) in [5.41, 5.74) is 1.88. The van der Waals surface area contributed by atoms with E-state index in [0.29, 0.717) is 0 Å². The Hall–Kier alpha value is -1.97. The van der Waals surface area contributed by atoms with Crippen LogP contribution in [0.5, 0.6) is 11.5 Å². The van der Waals surface area contributed by atoms with Crippen molar-refractivity contribution in [2.75, 3.05) is 14.2 Å². The molecule has 5 rings (SSSR count). The number of allylic oxidation sites excluding steroid dienone is 1. The SMILES string of the molecule is COc1ccc(/C(C)=C/C(=O)NC23CC4CC(CC(C4)C2)C3)c(OC)c1. The minimum atomic E-state index is 0.0299. The van der Waals surface area contributed by atoms with Gasteiger partial charge in [-0.1, -0.05) is 0 Å². The van der Waals surface area contributed by atoms with Gasteiger partial charge in [-0.05, 0) is 80.9 Å². The molecule has 0 spiro atoms. The number of amides is 1. The lowest BCUT2D eigenvalue weighted by Crippen LogP contribution is -2.59. The van der Waals surface area contributed by atoms with Crippen molar-refractivity contribution in [1.29, 1.82) is 0 Å². The van der Waals surface area contributed by atoms with Crippen LogP contribution in [0.15, 0.2) is 24.3 Å². The van der Waals surface area contributed by atoms with Gasteiger partial charge in [-0.3, -0.25) is 4.79 Å². The molecule has 0 saturated heterocycles. The van der Waals surface area contributed by atoms with Gasteiger partial charge < -0.3 is 14.8 Å². The number of nitrogens with one attached hydrogen (secondary N) is 1. The molecule has 0 atom stereocenters. The molecule has 1 aromatic carbocycles. The van der Waals surface area contributed by atoms with Crippen LogP contribution in [0.4, 0.5) is 0 Å². The molecule has 140 valence electrons. The number of benzene rings is 1. The molecule has 1 amide bonds. The van der Waals surface area contributed by atoms with E-state index in [2.05, 4.69) is 5.32 Å². The van der Waals surface area contributed by atoms with E-state index in [1.54, 1.807) is 20.3 Å². The summed E-state index contributed by atoms with van der Waals surface area (Å²) in [7, 11) is 3.27. The van der Waals surface area contributed by atoms with Gasteiger partial charge in [-0.15, -0.1) is 0 Å². The van der Waals surface area contributed by atoms with Crippen molar-refractivity contribution in [2.45, 2.75) is 51.0 Å². The van der Waals surface area contributed by atoms with Crippen LogP contribution in [-0.4, -0.2) is 25.7 Å². The first-order valence-corrected chi connectivity index (χ1v) is 9.73. The summed E-state index contributed by atoms with van der Waals surface area (Å²) in [4.78, 5) is 12.8. The predicted molar refractivity (Wildman–Crippen MR) is 102 cm³/mol. The standard InChI is InChI=1S/C22H29NO3/c1-14(19-5-4-18(25-2)10-20(19)26-3)6-21(24)23-22-11-15-7-16(12-22)9-17(8-15)13-22/h4-6,10,15-17H,7-9,11-13H2,1-3H3,(H,23,24)/b14-6+.